The molecule has 0 radical (unpaired) electrons. The number of aromatic nitrogens is 2. The fourth-order valence-corrected chi connectivity index (χ4v) is 4.08. The second-order valence-electron chi connectivity index (χ2n) is 8.78. The minimum atomic E-state index is -0.153. The lowest BCUT2D eigenvalue weighted by molar-refractivity contribution is -0.125. The molecule has 3 aromatic rings. The molecule has 1 heterocycles. The molecule has 172 valence electrons. The Bertz CT molecular complexity index is 1000. The van der Waals surface area contributed by atoms with Gasteiger partial charge in [0, 0.05) is 12.5 Å². The smallest absolute Gasteiger partial charge is 0.223 e. The molecule has 2 aromatic carbocycles. The Labute approximate surface area is 192 Å². The van der Waals surface area contributed by atoms with Crippen LogP contribution in [0.4, 0.5) is 0 Å². The molecule has 0 aliphatic carbocycles. The second kappa shape index (κ2) is 11.2. The summed E-state index contributed by atoms with van der Waals surface area (Å²) in [6.07, 6.45) is 2.55. The van der Waals surface area contributed by atoms with Crippen molar-refractivity contribution in [3.05, 3.63) is 59.9 Å². The molecule has 3 rings (SSSR count). The minimum absolute atomic E-state index is 0.0470. The van der Waals surface area contributed by atoms with Crippen molar-refractivity contribution in [2.24, 2.45) is 5.92 Å². The van der Waals surface area contributed by atoms with Crippen molar-refractivity contribution < 1.29 is 9.53 Å². The molecule has 1 amide bonds. The number of hydrogen-bond donors (Lipinski definition) is 1. The Morgan fingerprint density at radius 2 is 1.72 bits per heavy atom. The van der Waals surface area contributed by atoms with Crippen LogP contribution in [0.15, 0.2) is 48.5 Å². The summed E-state index contributed by atoms with van der Waals surface area (Å²) in [6.45, 7) is 11.9. The highest BCUT2D eigenvalue weighted by Gasteiger charge is 2.21. The molecule has 0 bridgehead atoms. The molecule has 5 heteroatoms. The molecule has 0 saturated carbocycles. The van der Waals surface area contributed by atoms with Gasteiger partial charge in [-0.1, -0.05) is 52.0 Å². The number of benzene rings is 2. The third kappa shape index (κ3) is 5.70. The average molecular weight is 436 g/mol. The predicted octanol–water partition coefficient (Wildman–Crippen LogP) is 6.24. The van der Waals surface area contributed by atoms with Gasteiger partial charge in [0.15, 0.2) is 0 Å². The molecule has 0 saturated heterocycles. The molecule has 1 unspecified atom stereocenters. The number of amides is 1. The zero-order valence-electron chi connectivity index (χ0n) is 20.1. The molecule has 1 atom stereocenters. The molecule has 0 aliphatic rings. The van der Waals surface area contributed by atoms with Crippen molar-refractivity contribution in [2.45, 2.75) is 72.4 Å². The van der Waals surface area contributed by atoms with E-state index in [-0.39, 0.29) is 17.9 Å². The summed E-state index contributed by atoms with van der Waals surface area (Å²) < 4.78 is 8.19. The number of ether oxygens (including phenoxy) is 1. The Balaban J connectivity index is 1.68. The monoisotopic (exact) mass is 435 g/mol. The summed E-state index contributed by atoms with van der Waals surface area (Å²) in [6, 6.07) is 16.3. The first kappa shape index (κ1) is 23.8. The lowest BCUT2D eigenvalue weighted by Crippen LogP contribution is -2.33. The van der Waals surface area contributed by atoms with Crippen molar-refractivity contribution in [1.82, 2.24) is 14.9 Å². The van der Waals surface area contributed by atoms with E-state index >= 15 is 0 Å². The lowest BCUT2D eigenvalue weighted by Gasteiger charge is -2.19. The van der Waals surface area contributed by atoms with Crippen LogP contribution in [0.5, 0.6) is 5.75 Å². The number of nitrogens with zero attached hydrogens (tertiary/aromatic N) is 2. The number of para-hydroxylation sites is 2. The largest absolute Gasteiger partial charge is 0.494 e. The van der Waals surface area contributed by atoms with Gasteiger partial charge >= 0.3 is 0 Å². The van der Waals surface area contributed by atoms with Crippen molar-refractivity contribution >= 4 is 16.9 Å². The number of imidazole rings is 1. The fourth-order valence-electron chi connectivity index (χ4n) is 4.08. The average Bonchev–Trinajstić information content (AvgIpc) is 3.16. The Morgan fingerprint density at radius 1 is 1.03 bits per heavy atom. The van der Waals surface area contributed by atoms with E-state index in [9.17, 15) is 4.79 Å². The quantitative estimate of drug-likeness (QED) is 0.363. The molecule has 32 heavy (non-hydrogen) atoms. The van der Waals surface area contributed by atoms with Crippen LogP contribution in [0.1, 0.15) is 77.2 Å². The van der Waals surface area contributed by atoms with Crippen LogP contribution in [0, 0.1) is 5.92 Å². The summed E-state index contributed by atoms with van der Waals surface area (Å²) in [7, 11) is 0. The number of fused-ring (bicyclic) bond motifs is 1. The van der Waals surface area contributed by atoms with Gasteiger partial charge in [0.05, 0.1) is 23.7 Å². The molecule has 0 spiro atoms. The van der Waals surface area contributed by atoms with Crippen LogP contribution in [-0.4, -0.2) is 22.1 Å². The first-order valence-corrected chi connectivity index (χ1v) is 11.9. The molecule has 5 nitrogen and oxygen atoms in total. The summed E-state index contributed by atoms with van der Waals surface area (Å²) in [5.41, 5.74) is 3.36. The number of aryl methyl sites for hydroxylation is 1. The number of carbonyl (C=O) groups excluding carboxylic acids is 1. The molecule has 1 aromatic heterocycles. The van der Waals surface area contributed by atoms with Crippen molar-refractivity contribution in [2.75, 3.05) is 6.61 Å². The van der Waals surface area contributed by atoms with E-state index in [1.807, 2.05) is 37.3 Å². The predicted molar refractivity (Wildman–Crippen MR) is 131 cm³/mol. The summed E-state index contributed by atoms with van der Waals surface area (Å²) in [5.74, 6) is 2.46. The summed E-state index contributed by atoms with van der Waals surface area (Å²) in [5, 5.41) is 3.18. The van der Waals surface area contributed by atoms with Crippen LogP contribution in [0.2, 0.25) is 0 Å². The van der Waals surface area contributed by atoms with Gasteiger partial charge < -0.3 is 14.6 Å². The lowest BCUT2D eigenvalue weighted by atomic mass is 10.0. The van der Waals surface area contributed by atoms with Gasteiger partial charge in [0.1, 0.15) is 11.6 Å². The number of hydrogen-bond acceptors (Lipinski definition) is 3. The maximum Gasteiger partial charge on any atom is 0.223 e. The fraction of sp³-hybridized carbons (Fsp3) is 0.481. The van der Waals surface area contributed by atoms with Crippen molar-refractivity contribution in [3.8, 4) is 5.75 Å². The maximum absolute atomic E-state index is 12.6. The third-order valence-electron chi connectivity index (χ3n) is 6.13. The van der Waals surface area contributed by atoms with Gasteiger partial charge in [-0.2, -0.15) is 0 Å². The zero-order valence-corrected chi connectivity index (χ0v) is 20.1. The van der Waals surface area contributed by atoms with Gasteiger partial charge in [-0.25, -0.2) is 4.98 Å². The van der Waals surface area contributed by atoms with Crippen LogP contribution in [0.3, 0.4) is 0 Å². The van der Waals surface area contributed by atoms with E-state index in [0.29, 0.717) is 12.5 Å². The van der Waals surface area contributed by atoms with E-state index in [1.54, 1.807) is 0 Å². The maximum atomic E-state index is 12.6. The van der Waals surface area contributed by atoms with Gasteiger partial charge in [-0.05, 0) is 61.9 Å². The van der Waals surface area contributed by atoms with Crippen LogP contribution >= 0.6 is 0 Å². The van der Waals surface area contributed by atoms with Gasteiger partial charge in [0.2, 0.25) is 5.91 Å². The van der Waals surface area contributed by atoms with Crippen LogP contribution in [-0.2, 0) is 11.3 Å². The normalized spacial score (nSPS) is 12.5. The third-order valence-corrected chi connectivity index (χ3v) is 6.13. The van der Waals surface area contributed by atoms with Gasteiger partial charge in [0.25, 0.3) is 0 Å². The Morgan fingerprint density at radius 3 is 2.38 bits per heavy atom. The standard InChI is InChI=1S/C27H37N3O2/c1-6-21(7-2)27(31)28-20(5)26-29-24-11-8-9-12-25(24)30(26)17-10-18-32-23-15-13-22(14-16-23)19(3)4/h8-9,11-16,19-21H,6-7,10,17-18H2,1-5H3,(H,28,31). The summed E-state index contributed by atoms with van der Waals surface area (Å²) in [4.78, 5) is 17.5. The first-order valence-electron chi connectivity index (χ1n) is 11.9. The summed E-state index contributed by atoms with van der Waals surface area (Å²) >= 11 is 0. The topological polar surface area (TPSA) is 56.2 Å². The number of carbonyl (C=O) groups is 1. The Hall–Kier alpha value is -2.82. The molecule has 1 N–H and O–H groups in total. The first-order chi connectivity index (χ1) is 15.4. The van der Waals surface area contributed by atoms with E-state index in [4.69, 9.17) is 9.72 Å². The van der Waals surface area contributed by atoms with E-state index < -0.39 is 0 Å². The number of rotatable bonds is 11. The molecule has 0 fully saturated rings. The van der Waals surface area contributed by atoms with Gasteiger partial charge in [-0.15, -0.1) is 0 Å². The van der Waals surface area contributed by atoms with E-state index in [0.717, 1.165) is 48.4 Å². The van der Waals surface area contributed by atoms with E-state index in [2.05, 4.69) is 55.8 Å². The SMILES string of the molecule is CCC(CC)C(=O)NC(C)c1nc2ccccc2n1CCCOc1ccc(C(C)C)cc1. The van der Waals surface area contributed by atoms with Crippen LogP contribution < -0.4 is 10.1 Å². The second-order valence-corrected chi connectivity index (χ2v) is 8.78. The zero-order chi connectivity index (χ0) is 23.1. The molecular weight excluding hydrogens is 398 g/mol. The highest BCUT2D eigenvalue weighted by Crippen LogP contribution is 2.23. The highest BCUT2D eigenvalue weighted by molar-refractivity contribution is 5.79. The van der Waals surface area contributed by atoms with Crippen molar-refractivity contribution in [3.63, 3.8) is 0 Å². The highest BCUT2D eigenvalue weighted by atomic mass is 16.5. The van der Waals surface area contributed by atoms with Crippen molar-refractivity contribution in [1.29, 1.82) is 0 Å². The number of nitrogens with one attached hydrogen (secondary N) is 1. The van der Waals surface area contributed by atoms with E-state index in [1.165, 1.54) is 5.56 Å². The minimum Gasteiger partial charge on any atom is -0.494 e. The Kier molecular flexibility index (Phi) is 8.32. The molecule has 0 aliphatic heterocycles. The van der Waals surface area contributed by atoms with Gasteiger partial charge in [-0.3, -0.25) is 4.79 Å². The van der Waals surface area contributed by atoms with Crippen LogP contribution in [0.25, 0.3) is 11.0 Å². The molecular formula is C27H37N3O2.